The molecule has 0 spiro atoms. The highest BCUT2D eigenvalue weighted by Crippen LogP contribution is 2.17. The lowest BCUT2D eigenvalue weighted by Gasteiger charge is -2.22. The summed E-state index contributed by atoms with van der Waals surface area (Å²) in [5.74, 6) is 0. The van der Waals surface area contributed by atoms with Gasteiger partial charge in [-0.2, -0.15) is 0 Å². The van der Waals surface area contributed by atoms with Crippen molar-refractivity contribution in [3.8, 4) is 0 Å². The molecular weight excluding hydrogens is 194 g/mol. The molecular formula is C15H25N. The van der Waals surface area contributed by atoms with Crippen LogP contribution < -0.4 is 0 Å². The first-order valence-electron chi connectivity index (χ1n) is 6.18. The molecule has 0 amide bonds. The molecule has 0 N–H and O–H groups in total. The van der Waals surface area contributed by atoms with E-state index in [1.165, 1.54) is 22.3 Å². The summed E-state index contributed by atoms with van der Waals surface area (Å²) in [6.07, 6.45) is 1.16. The molecule has 90 valence electrons. The summed E-state index contributed by atoms with van der Waals surface area (Å²) in [6, 6.07) is 5.21. The van der Waals surface area contributed by atoms with E-state index in [0.717, 1.165) is 13.0 Å². The van der Waals surface area contributed by atoms with Crippen LogP contribution in [0.5, 0.6) is 0 Å². The number of nitrogens with zero attached hydrogens (tertiary/aromatic N) is 1. The maximum absolute atomic E-state index is 2.40. The summed E-state index contributed by atoms with van der Waals surface area (Å²) < 4.78 is 0. The van der Waals surface area contributed by atoms with Gasteiger partial charge in [-0.05, 0) is 64.8 Å². The summed E-state index contributed by atoms with van der Waals surface area (Å²) in [5.41, 5.74) is 5.78. The van der Waals surface area contributed by atoms with E-state index in [4.69, 9.17) is 0 Å². The monoisotopic (exact) mass is 219 g/mol. The smallest absolute Gasteiger partial charge is 0.00356 e. The van der Waals surface area contributed by atoms with Crippen LogP contribution in [0.1, 0.15) is 36.1 Å². The Labute approximate surface area is 100 Å². The molecule has 1 aromatic rings. The average Bonchev–Trinajstić information content (AvgIpc) is 2.15. The van der Waals surface area contributed by atoms with Crippen LogP contribution in [-0.2, 0) is 6.42 Å². The molecule has 0 radical (unpaired) electrons. The van der Waals surface area contributed by atoms with Crippen molar-refractivity contribution >= 4 is 0 Å². The predicted molar refractivity (Wildman–Crippen MR) is 72.1 cm³/mol. The highest BCUT2D eigenvalue weighted by Gasteiger charge is 2.07. The van der Waals surface area contributed by atoms with E-state index < -0.39 is 0 Å². The van der Waals surface area contributed by atoms with Gasteiger partial charge < -0.3 is 4.90 Å². The van der Waals surface area contributed by atoms with Crippen molar-refractivity contribution in [3.63, 3.8) is 0 Å². The summed E-state index contributed by atoms with van der Waals surface area (Å²) in [6.45, 7) is 12.3. The number of hydrogen-bond acceptors (Lipinski definition) is 1. The molecule has 0 saturated carbocycles. The van der Waals surface area contributed by atoms with Crippen LogP contribution in [0.2, 0.25) is 0 Å². The number of rotatable bonds is 4. The van der Waals surface area contributed by atoms with Gasteiger partial charge in [-0.1, -0.05) is 17.7 Å². The van der Waals surface area contributed by atoms with Gasteiger partial charge in [0, 0.05) is 12.6 Å². The SMILES string of the molecule is Cc1cc(C)c(CCN(C)C(C)C)c(C)c1. The number of hydrogen-bond donors (Lipinski definition) is 0. The first kappa shape index (κ1) is 13.2. The summed E-state index contributed by atoms with van der Waals surface area (Å²) in [7, 11) is 2.20. The topological polar surface area (TPSA) is 3.24 Å². The second-order valence-electron chi connectivity index (χ2n) is 5.20. The quantitative estimate of drug-likeness (QED) is 0.749. The zero-order valence-electron chi connectivity index (χ0n) is 11.6. The van der Waals surface area contributed by atoms with Crippen LogP contribution in [0, 0.1) is 20.8 Å². The van der Waals surface area contributed by atoms with E-state index in [1.54, 1.807) is 0 Å². The molecule has 1 heteroatoms. The Bertz CT molecular complexity index is 329. The van der Waals surface area contributed by atoms with E-state index in [1.807, 2.05) is 0 Å². The number of benzene rings is 1. The Hall–Kier alpha value is -0.820. The van der Waals surface area contributed by atoms with Gasteiger partial charge in [-0.15, -0.1) is 0 Å². The Balaban J connectivity index is 2.74. The van der Waals surface area contributed by atoms with Gasteiger partial charge in [0.1, 0.15) is 0 Å². The lowest BCUT2D eigenvalue weighted by molar-refractivity contribution is 0.277. The minimum Gasteiger partial charge on any atom is -0.304 e. The van der Waals surface area contributed by atoms with Gasteiger partial charge in [-0.25, -0.2) is 0 Å². The molecule has 0 aliphatic heterocycles. The molecule has 0 heterocycles. The fourth-order valence-electron chi connectivity index (χ4n) is 2.15. The maximum atomic E-state index is 2.40. The van der Waals surface area contributed by atoms with Gasteiger partial charge in [0.25, 0.3) is 0 Å². The van der Waals surface area contributed by atoms with Crippen LogP contribution in [0.15, 0.2) is 12.1 Å². The first-order valence-corrected chi connectivity index (χ1v) is 6.18. The molecule has 1 rings (SSSR count). The molecule has 0 atom stereocenters. The Kier molecular flexibility index (Phi) is 4.55. The molecule has 0 aliphatic carbocycles. The number of aryl methyl sites for hydroxylation is 3. The van der Waals surface area contributed by atoms with Crippen molar-refractivity contribution in [2.75, 3.05) is 13.6 Å². The minimum absolute atomic E-state index is 0.631. The zero-order valence-corrected chi connectivity index (χ0v) is 11.6. The van der Waals surface area contributed by atoms with Crippen LogP contribution in [0.3, 0.4) is 0 Å². The van der Waals surface area contributed by atoms with Crippen LogP contribution in [0.4, 0.5) is 0 Å². The molecule has 1 nitrogen and oxygen atoms in total. The Morgan fingerprint density at radius 3 is 2.00 bits per heavy atom. The van der Waals surface area contributed by atoms with E-state index >= 15 is 0 Å². The maximum Gasteiger partial charge on any atom is 0.00356 e. The van der Waals surface area contributed by atoms with Crippen LogP contribution in [0.25, 0.3) is 0 Å². The van der Waals surface area contributed by atoms with Gasteiger partial charge in [-0.3, -0.25) is 0 Å². The van der Waals surface area contributed by atoms with Gasteiger partial charge in [0.15, 0.2) is 0 Å². The van der Waals surface area contributed by atoms with Gasteiger partial charge >= 0.3 is 0 Å². The van der Waals surface area contributed by atoms with E-state index in [-0.39, 0.29) is 0 Å². The molecule has 1 aromatic carbocycles. The van der Waals surface area contributed by atoms with Crippen molar-refractivity contribution in [2.45, 2.75) is 47.1 Å². The van der Waals surface area contributed by atoms with Crippen molar-refractivity contribution < 1.29 is 0 Å². The third-order valence-corrected chi connectivity index (χ3v) is 3.44. The second kappa shape index (κ2) is 5.49. The third kappa shape index (κ3) is 3.34. The fraction of sp³-hybridized carbons (Fsp3) is 0.600. The summed E-state index contributed by atoms with van der Waals surface area (Å²) >= 11 is 0. The third-order valence-electron chi connectivity index (χ3n) is 3.44. The van der Waals surface area contributed by atoms with E-state index in [9.17, 15) is 0 Å². The highest BCUT2D eigenvalue weighted by atomic mass is 15.1. The zero-order chi connectivity index (χ0) is 12.3. The Morgan fingerprint density at radius 2 is 1.56 bits per heavy atom. The van der Waals surface area contributed by atoms with Crippen LogP contribution in [-0.4, -0.2) is 24.5 Å². The molecule has 0 aromatic heterocycles. The number of likely N-dealkylation sites (N-methyl/N-ethyl adjacent to an activating group) is 1. The molecule has 16 heavy (non-hydrogen) atoms. The molecule has 0 unspecified atom stereocenters. The largest absolute Gasteiger partial charge is 0.304 e. The van der Waals surface area contributed by atoms with Crippen molar-refractivity contribution in [1.82, 2.24) is 4.90 Å². The molecule has 0 aliphatic rings. The van der Waals surface area contributed by atoms with Gasteiger partial charge in [0.2, 0.25) is 0 Å². The fourth-order valence-corrected chi connectivity index (χ4v) is 2.15. The first-order chi connectivity index (χ1) is 7.41. The van der Waals surface area contributed by atoms with Crippen molar-refractivity contribution in [3.05, 3.63) is 34.4 Å². The lowest BCUT2D eigenvalue weighted by atomic mass is 9.97. The van der Waals surface area contributed by atoms with Crippen LogP contribution >= 0.6 is 0 Å². The van der Waals surface area contributed by atoms with E-state index in [0.29, 0.717) is 6.04 Å². The summed E-state index contributed by atoms with van der Waals surface area (Å²) in [4.78, 5) is 2.40. The predicted octanol–water partition coefficient (Wildman–Crippen LogP) is 3.49. The minimum atomic E-state index is 0.631. The summed E-state index contributed by atoms with van der Waals surface area (Å²) in [5, 5.41) is 0. The molecule has 0 saturated heterocycles. The Morgan fingerprint density at radius 1 is 1.06 bits per heavy atom. The average molecular weight is 219 g/mol. The van der Waals surface area contributed by atoms with Crippen molar-refractivity contribution in [2.24, 2.45) is 0 Å². The normalized spacial score (nSPS) is 11.5. The standard InChI is InChI=1S/C15H25N/c1-11(2)16(6)8-7-15-13(4)9-12(3)10-14(15)5/h9-11H,7-8H2,1-6H3. The highest BCUT2D eigenvalue weighted by molar-refractivity contribution is 5.37. The van der Waals surface area contributed by atoms with Crippen molar-refractivity contribution in [1.29, 1.82) is 0 Å². The second-order valence-corrected chi connectivity index (χ2v) is 5.20. The lowest BCUT2D eigenvalue weighted by Crippen LogP contribution is -2.28. The molecule has 0 bridgehead atoms. The van der Waals surface area contributed by atoms with E-state index in [2.05, 4.69) is 58.7 Å². The van der Waals surface area contributed by atoms with Gasteiger partial charge in [0.05, 0.1) is 0 Å². The molecule has 0 fully saturated rings.